The molecule has 2 N–H and O–H groups in total. The molecule has 0 saturated heterocycles. The quantitative estimate of drug-likeness (QED) is 0.786. The Morgan fingerprint density at radius 3 is 2.69 bits per heavy atom. The first-order chi connectivity index (χ1) is 7.47. The molecule has 0 aromatic carbocycles. The first-order valence-corrected chi connectivity index (χ1v) is 5.14. The lowest BCUT2D eigenvalue weighted by atomic mass is 10.1. The molecule has 0 radical (unpaired) electrons. The highest BCUT2D eigenvalue weighted by molar-refractivity contribution is 5.72. The lowest BCUT2D eigenvalue weighted by Crippen LogP contribution is -2.29. The molecule has 0 aliphatic rings. The fourth-order valence-electron chi connectivity index (χ4n) is 1.53. The first kappa shape index (κ1) is 12.3. The van der Waals surface area contributed by atoms with E-state index in [1.165, 1.54) is 17.6 Å². The Hall–Kier alpha value is -1.78. The summed E-state index contributed by atoms with van der Waals surface area (Å²) in [6.07, 6.45) is 0. The van der Waals surface area contributed by atoms with Gasteiger partial charge in [-0.2, -0.15) is 0 Å². The molecule has 0 saturated carbocycles. The van der Waals surface area contributed by atoms with E-state index in [0.717, 1.165) is 0 Å². The molecular formula is C11H16N2O3. The van der Waals surface area contributed by atoms with Gasteiger partial charge in [0.05, 0.1) is 0 Å². The standard InChI is InChI=1S/C11H16N2O3/c1-4-13-10(15)5-7(2)9(11(13)16)6-12-8(3)14/h5,15H,4,6H2,1-3H3,(H,12,14). The van der Waals surface area contributed by atoms with Crippen LogP contribution in [0.15, 0.2) is 10.9 Å². The highest BCUT2D eigenvalue weighted by Gasteiger charge is 2.10. The molecule has 0 fully saturated rings. The second-order valence-electron chi connectivity index (χ2n) is 3.62. The van der Waals surface area contributed by atoms with E-state index >= 15 is 0 Å². The molecular weight excluding hydrogens is 208 g/mol. The number of aromatic nitrogens is 1. The zero-order valence-corrected chi connectivity index (χ0v) is 9.70. The van der Waals surface area contributed by atoms with Crippen molar-refractivity contribution in [1.82, 2.24) is 9.88 Å². The largest absolute Gasteiger partial charge is 0.494 e. The Balaban J connectivity index is 3.18. The minimum Gasteiger partial charge on any atom is -0.494 e. The number of amides is 1. The van der Waals surface area contributed by atoms with E-state index in [9.17, 15) is 14.7 Å². The smallest absolute Gasteiger partial charge is 0.258 e. The molecule has 16 heavy (non-hydrogen) atoms. The predicted octanol–water partition coefficient (Wildman–Crippen LogP) is 0.518. The summed E-state index contributed by atoms with van der Waals surface area (Å²) in [6.45, 7) is 5.50. The molecule has 0 aliphatic heterocycles. The average Bonchev–Trinajstić information content (AvgIpc) is 2.16. The molecule has 1 amide bonds. The number of hydrogen-bond donors (Lipinski definition) is 2. The Labute approximate surface area is 93.7 Å². The Bertz CT molecular complexity index is 463. The van der Waals surface area contributed by atoms with Crippen molar-refractivity contribution >= 4 is 5.91 Å². The van der Waals surface area contributed by atoms with Gasteiger partial charge >= 0.3 is 0 Å². The summed E-state index contributed by atoms with van der Waals surface area (Å²) >= 11 is 0. The minimum atomic E-state index is -0.256. The zero-order valence-electron chi connectivity index (χ0n) is 9.70. The highest BCUT2D eigenvalue weighted by Crippen LogP contribution is 2.11. The van der Waals surface area contributed by atoms with Crippen molar-refractivity contribution in [3.63, 3.8) is 0 Å². The molecule has 0 unspecified atom stereocenters. The van der Waals surface area contributed by atoms with Gasteiger partial charge in [0.1, 0.15) is 0 Å². The number of aromatic hydroxyl groups is 1. The average molecular weight is 224 g/mol. The first-order valence-electron chi connectivity index (χ1n) is 5.14. The minimum absolute atomic E-state index is 0.0448. The van der Waals surface area contributed by atoms with E-state index in [4.69, 9.17) is 0 Å². The number of hydrogen-bond acceptors (Lipinski definition) is 3. The summed E-state index contributed by atoms with van der Waals surface area (Å²) in [4.78, 5) is 22.7. The molecule has 1 heterocycles. The van der Waals surface area contributed by atoms with Gasteiger partial charge in [-0.05, 0) is 19.4 Å². The molecule has 1 rings (SSSR count). The second kappa shape index (κ2) is 4.83. The number of carbonyl (C=O) groups is 1. The van der Waals surface area contributed by atoms with E-state index in [1.54, 1.807) is 13.8 Å². The topological polar surface area (TPSA) is 71.3 Å². The van der Waals surface area contributed by atoms with Crippen molar-refractivity contribution < 1.29 is 9.90 Å². The Morgan fingerprint density at radius 1 is 1.56 bits per heavy atom. The summed E-state index contributed by atoms with van der Waals surface area (Å²) < 4.78 is 1.27. The van der Waals surface area contributed by atoms with Crippen LogP contribution in [-0.2, 0) is 17.9 Å². The van der Waals surface area contributed by atoms with E-state index in [1.807, 2.05) is 0 Å². The maximum absolute atomic E-state index is 11.9. The third-order valence-electron chi connectivity index (χ3n) is 2.43. The Kier molecular flexibility index (Phi) is 3.71. The summed E-state index contributed by atoms with van der Waals surface area (Å²) in [5, 5.41) is 12.1. The molecule has 0 bridgehead atoms. The third-order valence-corrected chi connectivity index (χ3v) is 2.43. The van der Waals surface area contributed by atoms with Crippen molar-refractivity contribution in [2.45, 2.75) is 33.9 Å². The lowest BCUT2D eigenvalue weighted by Gasteiger charge is -2.11. The van der Waals surface area contributed by atoms with Crippen LogP contribution in [0.25, 0.3) is 0 Å². The van der Waals surface area contributed by atoms with Gasteiger partial charge in [0.25, 0.3) is 5.56 Å². The molecule has 1 aromatic heterocycles. The van der Waals surface area contributed by atoms with Gasteiger partial charge in [0, 0.05) is 31.6 Å². The van der Waals surface area contributed by atoms with Gasteiger partial charge in [-0.15, -0.1) is 0 Å². The third kappa shape index (κ3) is 2.42. The number of pyridine rings is 1. The molecule has 5 heteroatoms. The fourth-order valence-corrected chi connectivity index (χ4v) is 1.53. The van der Waals surface area contributed by atoms with Crippen molar-refractivity contribution in [3.05, 3.63) is 27.5 Å². The van der Waals surface area contributed by atoms with Crippen LogP contribution < -0.4 is 10.9 Å². The van der Waals surface area contributed by atoms with Crippen LogP contribution in [0.5, 0.6) is 5.88 Å². The predicted molar refractivity (Wildman–Crippen MR) is 60.3 cm³/mol. The van der Waals surface area contributed by atoms with Gasteiger partial charge in [-0.25, -0.2) is 0 Å². The summed E-state index contributed by atoms with van der Waals surface area (Å²) in [5.74, 6) is -0.230. The van der Waals surface area contributed by atoms with Crippen molar-refractivity contribution in [2.75, 3.05) is 0 Å². The van der Waals surface area contributed by atoms with Crippen molar-refractivity contribution in [3.8, 4) is 5.88 Å². The van der Waals surface area contributed by atoms with Gasteiger partial charge in [-0.3, -0.25) is 14.2 Å². The Morgan fingerprint density at radius 2 is 2.19 bits per heavy atom. The fraction of sp³-hybridized carbons (Fsp3) is 0.455. The van der Waals surface area contributed by atoms with Crippen LogP contribution in [-0.4, -0.2) is 15.6 Å². The van der Waals surface area contributed by atoms with E-state index in [-0.39, 0.29) is 23.9 Å². The SMILES string of the molecule is CCn1c(O)cc(C)c(CNC(C)=O)c1=O. The highest BCUT2D eigenvalue weighted by atomic mass is 16.3. The molecule has 1 aromatic rings. The van der Waals surface area contributed by atoms with E-state index in [2.05, 4.69) is 5.32 Å². The normalized spacial score (nSPS) is 10.2. The second-order valence-corrected chi connectivity index (χ2v) is 3.62. The van der Waals surface area contributed by atoms with E-state index < -0.39 is 0 Å². The van der Waals surface area contributed by atoms with Gasteiger partial charge in [-0.1, -0.05) is 0 Å². The maximum Gasteiger partial charge on any atom is 0.258 e. The summed E-state index contributed by atoms with van der Waals surface area (Å²) in [6, 6.07) is 1.53. The van der Waals surface area contributed by atoms with Gasteiger partial charge in [0.15, 0.2) is 5.88 Å². The van der Waals surface area contributed by atoms with Gasteiger partial charge in [0.2, 0.25) is 5.91 Å². The van der Waals surface area contributed by atoms with Crippen LogP contribution in [0.1, 0.15) is 25.0 Å². The summed E-state index contributed by atoms with van der Waals surface area (Å²) in [5.41, 5.74) is 0.935. The van der Waals surface area contributed by atoms with Gasteiger partial charge < -0.3 is 10.4 Å². The molecule has 5 nitrogen and oxygen atoms in total. The lowest BCUT2D eigenvalue weighted by molar-refractivity contribution is -0.119. The number of nitrogens with zero attached hydrogens (tertiary/aromatic N) is 1. The van der Waals surface area contributed by atoms with Crippen LogP contribution in [0.3, 0.4) is 0 Å². The molecule has 0 spiro atoms. The van der Waals surface area contributed by atoms with Crippen LogP contribution in [0, 0.1) is 6.92 Å². The number of rotatable bonds is 3. The number of nitrogens with one attached hydrogen (secondary N) is 1. The van der Waals surface area contributed by atoms with E-state index in [0.29, 0.717) is 17.7 Å². The number of aryl methyl sites for hydroxylation is 1. The molecule has 0 atom stereocenters. The number of carbonyl (C=O) groups excluding carboxylic acids is 1. The van der Waals surface area contributed by atoms with Crippen LogP contribution in [0.4, 0.5) is 0 Å². The van der Waals surface area contributed by atoms with Crippen LogP contribution in [0.2, 0.25) is 0 Å². The molecule has 0 aliphatic carbocycles. The maximum atomic E-state index is 11.9. The van der Waals surface area contributed by atoms with Crippen LogP contribution >= 0.6 is 0 Å². The van der Waals surface area contributed by atoms with Crippen molar-refractivity contribution in [2.24, 2.45) is 0 Å². The summed E-state index contributed by atoms with van der Waals surface area (Å²) in [7, 11) is 0. The van der Waals surface area contributed by atoms with Crippen molar-refractivity contribution in [1.29, 1.82) is 0 Å². The molecule has 88 valence electrons. The monoisotopic (exact) mass is 224 g/mol. The zero-order chi connectivity index (χ0) is 12.3.